The Labute approximate surface area is 98.1 Å². The fourth-order valence-corrected chi connectivity index (χ4v) is 1.72. The van der Waals surface area contributed by atoms with Crippen molar-refractivity contribution in [2.45, 2.75) is 40.3 Å². The average Bonchev–Trinajstić information content (AvgIpc) is 2.22. The number of rotatable bonds is 5. The zero-order valence-corrected chi connectivity index (χ0v) is 10.9. The lowest BCUT2D eigenvalue weighted by Gasteiger charge is -2.25. The van der Waals surface area contributed by atoms with E-state index in [2.05, 4.69) is 41.0 Å². The second-order valence-electron chi connectivity index (χ2n) is 4.19. The molecule has 0 atom stereocenters. The van der Waals surface area contributed by atoms with Crippen LogP contribution in [-0.2, 0) is 6.54 Å². The Hall–Kier alpha value is -1.16. The van der Waals surface area contributed by atoms with E-state index in [0.717, 1.165) is 30.3 Å². The Morgan fingerprint density at radius 1 is 1.44 bits per heavy atom. The largest absolute Gasteiger partial charge is 0.339 e. The highest BCUT2D eigenvalue weighted by molar-refractivity contribution is 5.33. The van der Waals surface area contributed by atoms with Gasteiger partial charge in [-0.25, -0.2) is 9.97 Å². The van der Waals surface area contributed by atoms with Gasteiger partial charge in [-0.2, -0.15) is 0 Å². The molecule has 1 heterocycles. The molecular formula is C12H22N4. The third kappa shape index (κ3) is 2.92. The normalized spacial score (nSPS) is 10.9. The highest BCUT2D eigenvalue weighted by atomic mass is 15.3. The number of hydrogen-bond donors (Lipinski definition) is 1. The van der Waals surface area contributed by atoms with Gasteiger partial charge in [-0.3, -0.25) is 0 Å². The van der Waals surface area contributed by atoms with Gasteiger partial charge in [-0.05, 0) is 34.7 Å². The number of hydrogen-bond acceptors (Lipinski definition) is 4. The number of anilines is 1. The Balaban J connectivity index is 2.95. The van der Waals surface area contributed by atoms with Crippen molar-refractivity contribution >= 4 is 5.95 Å². The molecule has 0 unspecified atom stereocenters. The van der Waals surface area contributed by atoms with Crippen LogP contribution in [0.5, 0.6) is 0 Å². The van der Waals surface area contributed by atoms with E-state index in [0.29, 0.717) is 6.04 Å². The standard InChI is InChI=1S/C12H22N4/c1-6-16(9(2)3)12-14-8-11(7-13-5)10(4)15-12/h8-9,13H,6-7H2,1-5H3. The summed E-state index contributed by atoms with van der Waals surface area (Å²) < 4.78 is 0. The molecule has 0 aliphatic carbocycles. The van der Waals surface area contributed by atoms with Crippen LogP contribution in [0.3, 0.4) is 0 Å². The number of nitrogens with zero attached hydrogens (tertiary/aromatic N) is 3. The number of aryl methyl sites for hydroxylation is 1. The van der Waals surface area contributed by atoms with Crippen molar-refractivity contribution < 1.29 is 0 Å². The molecule has 4 heteroatoms. The van der Waals surface area contributed by atoms with Crippen LogP contribution in [0.2, 0.25) is 0 Å². The van der Waals surface area contributed by atoms with E-state index in [4.69, 9.17) is 0 Å². The molecule has 1 N–H and O–H groups in total. The van der Waals surface area contributed by atoms with Gasteiger partial charge in [-0.15, -0.1) is 0 Å². The molecule has 0 aliphatic heterocycles. The first kappa shape index (κ1) is 12.9. The maximum atomic E-state index is 4.56. The second kappa shape index (κ2) is 5.80. The molecule has 0 saturated carbocycles. The molecule has 0 amide bonds. The van der Waals surface area contributed by atoms with Crippen molar-refractivity contribution in [1.29, 1.82) is 0 Å². The predicted octanol–water partition coefficient (Wildman–Crippen LogP) is 1.74. The molecule has 0 aliphatic rings. The topological polar surface area (TPSA) is 41.1 Å². The Bertz CT molecular complexity index is 336. The molecular weight excluding hydrogens is 200 g/mol. The smallest absolute Gasteiger partial charge is 0.225 e. The molecule has 0 saturated heterocycles. The zero-order chi connectivity index (χ0) is 12.1. The Kier molecular flexibility index (Phi) is 4.68. The molecule has 4 nitrogen and oxygen atoms in total. The van der Waals surface area contributed by atoms with Gasteiger partial charge >= 0.3 is 0 Å². The fourth-order valence-electron chi connectivity index (χ4n) is 1.72. The summed E-state index contributed by atoms with van der Waals surface area (Å²) in [6, 6.07) is 0.430. The SMILES string of the molecule is CCN(c1ncc(CNC)c(C)n1)C(C)C. The van der Waals surface area contributed by atoms with Crippen LogP contribution >= 0.6 is 0 Å². The van der Waals surface area contributed by atoms with Gasteiger partial charge in [-0.1, -0.05) is 0 Å². The van der Waals surface area contributed by atoms with E-state index in [1.165, 1.54) is 0 Å². The van der Waals surface area contributed by atoms with Gasteiger partial charge < -0.3 is 10.2 Å². The van der Waals surface area contributed by atoms with Crippen LogP contribution in [-0.4, -0.2) is 29.6 Å². The Morgan fingerprint density at radius 2 is 2.12 bits per heavy atom. The average molecular weight is 222 g/mol. The van der Waals surface area contributed by atoms with Crippen LogP contribution in [0.25, 0.3) is 0 Å². The molecule has 0 spiro atoms. The fraction of sp³-hybridized carbons (Fsp3) is 0.667. The molecule has 90 valence electrons. The summed E-state index contributed by atoms with van der Waals surface area (Å²) in [5.74, 6) is 0.829. The highest BCUT2D eigenvalue weighted by Gasteiger charge is 2.12. The maximum Gasteiger partial charge on any atom is 0.225 e. The molecule has 0 bridgehead atoms. The lowest BCUT2D eigenvalue weighted by Crippen LogP contribution is -2.32. The van der Waals surface area contributed by atoms with Crippen LogP contribution in [0, 0.1) is 6.92 Å². The maximum absolute atomic E-state index is 4.56. The number of aromatic nitrogens is 2. The lowest BCUT2D eigenvalue weighted by molar-refractivity contribution is 0.676. The summed E-state index contributed by atoms with van der Waals surface area (Å²) in [7, 11) is 1.93. The van der Waals surface area contributed by atoms with Crippen LogP contribution in [0.4, 0.5) is 5.95 Å². The summed E-state index contributed by atoms with van der Waals surface area (Å²) in [5.41, 5.74) is 2.21. The molecule has 1 aromatic heterocycles. The van der Waals surface area contributed by atoms with Crippen LogP contribution in [0.1, 0.15) is 32.0 Å². The summed E-state index contributed by atoms with van der Waals surface area (Å²) in [6.45, 7) is 10.2. The van der Waals surface area contributed by atoms with E-state index in [1.807, 2.05) is 20.2 Å². The minimum atomic E-state index is 0.430. The lowest BCUT2D eigenvalue weighted by atomic mass is 10.2. The van der Waals surface area contributed by atoms with Crippen molar-refractivity contribution in [2.75, 3.05) is 18.5 Å². The van der Waals surface area contributed by atoms with Crippen molar-refractivity contribution in [3.63, 3.8) is 0 Å². The van der Waals surface area contributed by atoms with E-state index in [9.17, 15) is 0 Å². The van der Waals surface area contributed by atoms with Gasteiger partial charge in [0.25, 0.3) is 0 Å². The molecule has 16 heavy (non-hydrogen) atoms. The summed E-state index contributed by atoms with van der Waals surface area (Å²) >= 11 is 0. The first-order valence-electron chi connectivity index (χ1n) is 5.83. The van der Waals surface area contributed by atoms with Crippen LogP contribution in [0.15, 0.2) is 6.20 Å². The minimum absolute atomic E-state index is 0.430. The van der Waals surface area contributed by atoms with Gasteiger partial charge in [0.15, 0.2) is 0 Å². The quantitative estimate of drug-likeness (QED) is 0.824. The third-order valence-corrected chi connectivity index (χ3v) is 2.66. The van der Waals surface area contributed by atoms with Gasteiger partial charge in [0, 0.05) is 36.6 Å². The molecule has 0 aromatic carbocycles. The van der Waals surface area contributed by atoms with Gasteiger partial charge in [0.2, 0.25) is 5.95 Å². The molecule has 0 radical (unpaired) electrons. The van der Waals surface area contributed by atoms with Crippen molar-refractivity contribution in [2.24, 2.45) is 0 Å². The Morgan fingerprint density at radius 3 is 2.56 bits per heavy atom. The first-order valence-corrected chi connectivity index (χ1v) is 5.83. The van der Waals surface area contributed by atoms with E-state index < -0.39 is 0 Å². The van der Waals surface area contributed by atoms with E-state index in [1.54, 1.807) is 0 Å². The van der Waals surface area contributed by atoms with E-state index >= 15 is 0 Å². The van der Waals surface area contributed by atoms with Crippen LogP contribution < -0.4 is 10.2 Å². The van der Waals surface area contributed by atoms with E-state index in [-0.39, 0.29) is 0 Å². The summed E-state index contributed by atoms with van der Waals surface area (Å²) in [6.07, 6.45) is 1.92. The minimum Gasteiger partial charge on any atom is -0.339 e. The second-order valence-corrected chi connectivity index (χ2v) is 4.19. The predicted molar refractivity (Wildman–Crippen MR) is 67.7 cm³/mol. The van der Waals surface area contributed by atoms with Crippen molar-refractivity contribution in [3.05, 3.63) is 17.5 Å². The van der Waals surface area contributed by atoms with Gasteiger partial charge in [0.1, 0.15) is 0 Å². The van der Waals surface area contributed by atoms with Crippen molar-refractivity contribution in [3.8, 4) is 0 Å². The monoisotopic (exact) mass is 222 g/mol. The highest BCUT2D eigenvalue weighted by Crippen LogP contribution is 2.13. The summed E-state index contributed by atoms with van der Waals surface area (Å²) in [4.78, 5) is 11.2. The summed E-state index contributed by atoms with van der Waals surface area (Å²) in [5, 5.41) is 3.12. The molecule has 1 aromatic rings. The molecule has 0 fully saturated rings. The first-order chi connectivity index (χ1) is 7.60. The van der Waals surface area contributed by atoms with Crippen molar-refractivity contribution in [1.82, 2.24) is 15.3 Å². The van der Waals surface area contributed by atoms with Gasteiger partial charge in [0.05, 0.1) is 0 Å². The third-order valence-electron chi connectivity index (χ3n) is 2.66. The number of nitrogens with one attached hydrogen (secondary N) is 1. The molecule has 1 rings (SSSR count). The zero-order valence-electron chi connectivity index (χ0n) is 10.9.